The van der Waals surface area contributed by atoms with E-state index in [4.69, 9.17) is 0 Å². The SMILES string of the molecule is O=C(Cc1ccc(Nc2ccccc2)cc1)Cc1ccc2[nH]c(=O)[nH]c2c1. The van der Waals surface area contributed by atoms with E-state index in [1.807, 2.05) is 72.8 Å². The fraction of sp³-hybridized carbons (Fsp3) is 0.0909. The van der Waals surface area contributed by atoms with Crippen LogP contribution in [0.4, 0.5) is 11.4 Å². The third-order valence-electron chi connectivity index (χ3n) is 4.40. The third-order valence-corrected chi connectivity index (χ3v) is 4.40. The topological polar surface area (TPSA) is 77.8 Å². The first-order valence-electron chi connectivity index (χ1n) is 8.79. The summed E-state index contributed by atoms with van der Waals surface area (Å²) in [6, 6.07) is 23.4. The second-order valence-electron chi connectivity index (χ2n) is 6.54. The Morgan fingerprint density at radius 2 is 1.37 bits per heavy atom. The zero-order chi connectivity index (χ0) is 18.6. The van der Waals surface area contributed by atoms with Gasteiger partial charge in [0.15, 0.2) is 0 Å². The number of aromatic amines is 2. The van der Waals surface area contributed by atoms with Crippen molar-refractivity contribution >= 4 is 28.2 Å². The van der Waals surface area contributed by atoms with Crippen molar-refractivity contribution in [3.63, 3.8) is 0 Å². The Labute approximate surface area is 156 Å². The molecular formula is C22H19N3O2. The molecular weight excluding hydrogens is 338 g/mol. The molecule has 5 heteroatoms. The van der Waals surface area contributed by atoms with Gasteiger partial charge in [-0.25, -0.2) is 4.79 Å². The Hall–Kier alpha value is -3.60. The highest BCUT2D eigenvalue weighted by atomic mass is 16.1. The van der Waals surface area contributed by atoms with Gasteiger partial charge in [0.25, 0.3) is 0 Å². The largest absolute Gasteiger partial charge is 0.356 e. The van der Waals surface area contributed by atoms with Crippen molar-refractivity contribution in [3.05, 3.63) is 94.4 Å². The Bertz CT molecular complexity index is 1130. The van der Waals surface area contributed by atoms with E-state index in [2.05, 4.69) is 15.3 Å². The van der Waals surface area contributed by atoms with E-state index < -0.39 is 0 Å². The van der Waals surface area contributed by atoms with Crippen molar-refractivity contribution in [2.24, 2.45) is 0 Å². The average molecular weight is 357 g/mol. The van der Waals surface area contributed by atoms with Crippen molar-refractivity contribution in [2.45, 2.75) is 12.8 Å². The third kappa shape index (κ3) is 4.15. The number of hydrogen-bond acceptors (Lipinski definition) is 3. The molecule has 0 saturated heterocycles. The van der Waals surface area contributed by atoms with Gasteiger partial charge in [-0.15, -0.1) is 0 Å². The maximum absolute atomic E-state index is 12.4. The van der Waals surface area contributed by atoms with Crippen LogP contribution in [-0.4, -0.2) is 15.8 Å². The monoisotopic (exact) mass is 357 g/mol. The standard InChI is InChI=1S/C22H19N3O2/c26-19(13-16-8-11-20-21(14-16)25-22(27)24-20)12-15-6-9-18(10-7-15)23-17-4-2-1-3-5-17/h1-11,14,23H,12-13H2,(H2,24,25,27). The first-order chi connectivity index (χ1) is 13.2. The Morgan fingerprint density at radius 3 is 2.15 bits per heavy atom. The highest BCUT2D eigenvalue weighted by Crippen LogP contribution is 2.17. The Balaban J connectivity index is 1.39. The van der Waals surface area contributed by atoms with Crippen LogP contribution in [0, 0.1) is 0 Å². The number of rotatable bonds is 6. The molecule has 0 aliphatic carbocycles. The molecule has 1 aromatic heterocycles. The van der Waals surface area contributed by atoms with Crippen LogP contribution in [0.2, 0.25) is 0 Å². The summed E-state index contributed by atoms with van der Waals surface area (Å²) in [6.45, 7) is 0. The number of Topliss-reactive ketones (excluding diaryl/α,β-unsaturated/α-hetero) is 1. The van der Waals surface area contributed by atoms with Gasteiger partial charge in [-0.1, -0.05) is 36.4 Å². The number of para-hydroxylation sites is 1. The normalized spacial score (nSPS) is 10.8. The van der Waals surface area contributed by atoms with E-state index in [0.29, 0.717) is 12.8 Å². The molecule has 27 heavy (non-hydrogen) atoms. The van der Waals surface area contributed by atoms with Crippen molar-refractivity contribution in [3.8, 4) is 0 Å². The maximum Gasteiger partial charge on any atom is 0.323 e. The Morgan fingerprint density at radius 1 is 0.741 bits per heavy atom. The molecule has 0 aliphatic heterocycles. The minimum absolute atomic E-state index is 0.135. The first kappa shape index (κ1) is 16.8. The number of H-pyrrole nitrogens is 2. The average Bonchev–Trinajstić information content (AvgIpc) is 3.03. The Kier molecular flexibility index (Phi) is 4.58. The van der Waals surface area contributed by atoms with Crippen LogP contribution in [0.25, 0.3) is 11.0 Å². The smallest absolute Gasteiger partial charge is 0.323 e. The predicted molar refractivity (Wildman–Crippen MR) is 108 cm³/mol. The maximum atomic E-state index is 12.4. The first-order valence-corrected chi connectivity index (χ1v) is 8.79. The molecule has 4 rings (SSSR count). The van der Waals surface area contributed by atoms with E-state index in [0.717, 1.165) is 33.5 Å². The molecule has 5 nitrogen and oxygen atoms in total. The van der Waals surface area contributed by atoms with Gasteiger partial charge in [-0.05, 0) is 47.5 Å². The van der Waals surface area contributed by atoms with E-state index in [1.165, 1.54) is 0 Å². The van der Waals surface area contributed by atoms with Crippen LogP contribution in [0.3, 0.4) is 0 Å². The van der Waals surface area contributed by atoms with Crippen LogP contribution in [0.15, 0.2) is 77.6 Å². The molecule has 3 aromatic carbocycles. The lowest BCUT2D eigenvalue weighted by Gasteiger charge is -2.07. The molecule has 0 unspecified atom stereocenters. The van der Waals surface area contributed by atoms with Crippen LogP contribution < -0.4 is 11.0 Å². The van der Waals surface area contributed by atoms with Crippen molar-refractivity contribution < 1.29 is 4.79 Å². The molecule has 0 bridgehead atoms. The number of anilines is 2. The minimum Gasteiger partial charge on any atom is -0.356 e. The van der Waals surface area contributed by atoms with Crippen LogP contribution in [-0.2, 0) is 17.6 Å². The molecule has 0 radical (unpaired) electrons. The van der Waals surface area contributed by atoms with Gasteiger partial charge in [-0.3, -0.25) is 4.79 Å². The number of carbonyl (C=O) groups is 1. The van der Waals surface area contributed by atoms with Gasteiger partial charge in [0, 0.05) is 24.2 Å². The van der Waals surface area contributed by atoms with Gasteiger partial charge < -0.3 is 15.3 Å². The van der Waals surface area contributed by atoms with Crippen molar-refractivity contribution in [1.29, 1.82) is 0 Å². The lowest BCUT2D eigenvalue weighted by atomic mass is 10.0. The quantitative estimate of drug-likeness (QED) is 0.489. The fourth-order valence-corrected chi connectivity index (χ4v) is 3.10. The summed E-state index contributed by atoms with van der Waals surface area (Å²) in [5.74, 6) is 0.135. The molecule has 0 fully saturated rings. The number of ketones is 1. The van der Waals surface area contributed by atoms with E-state index in [1.54, 1.807) is 0 Å². The summed E-state index contributed by atoms with van der Waals surface area (Å²) in [7, 11) is 0. The van der Waals surface area contributed by atoms with Gasteiger partial charge in [0.05, 0.1) is 11.0 Å². The molecule has 0 saturated carbocycles. The van der Waals surface area contributed by atoms with Crippen LogP contribution in [0.1, 0.15) is 11.1 Å². The number of benzene rings is 3. The molecule has 0 atom stereocenters. The number of hydrogen-bond donors (Lipinski definition) is 3. The van der Waals surface area contributed by atoms with Crippen LogP contribution >= 0.6 is 0 Å². The minimum atomic E-state index is -0.238. The number of nitrogens with one attached hydrogen (secondary N) is 3. The second kappa shape index (κ2) is 7.33. The lowest BCUT2D eigenvalue weighted by molar-refractivity contribution is -0.117. The highest BCUT2D eigenvalue weighted by molar-refractivity contribution is 5.85. The molecule has 4 aromatic rings. The molecule has 134 valence electrons. The second-order valence-corrected chi connectivity index (χ2v) is 6.54. The number of imidazole rings is 1. The highest BCUT2D eigenvalue weighted by Gasteiger charge is 2.07. The van der Waals surface area contributed by atoms with Gasteiger partial charge in [-0.2, -0.15) is 0 Å². The van der Waals surface area contributed by atoms with E-state index in [-0.39, 0.29) is 11.5 Å². The molecule has 3 N–H and O–H groups in total. The number of aromatic nitrogens is 2. The van der Waals surface area contributed by atoms with Gasteiger partial charge in [0.1, 0.15) is 5.78 Å². The van der Waals surface area contributed by atoms with E-state index >= 15 is 0 Å². The number of fused-ring (bicyclic) bond motifs is 1. The van der Waals surface area contributed by atoms with Gasteiger partial charge >= 0.3 is 5.69 Å². The molecule has 0 aliphatic rings. The predicted octanol–water partition coefficient (Wildman–Crippen LogP) is 3.95. The molecule has 0 spiro atoms. The summed E-state index contributed by atoms with van der Waals surface area (Å²) >= 11 is 0. The fourth-order valence-electron chi connectivity index (χ4n) is 3.10. The summed E-state index contributed by atoms with van der Waals surface area (Å²) in [5.41, 5.74) is 5.12. The summed E-state index contributed by atoms with van der Waals surface area (Å²) < 4.78 is 0. The van der Waals surface area contributed by atoms with Crippen LogP contribution in [0.5, 0.6) is 0 Å². The number of carbonyl (C=O) groups excluding carboxylic acids is 1. The molecule has 0 amide bonds. The molecule has 1 heterocycles. The van der Waals surface area contributed by atoms with E-state index in [9.17, 15) is 9.59 Å². The summed E-state index contributed by atoms with van der Waals surface area (Å²) in [6.07, 6.45) is 0.723. The van der Waals surface area contributed by atoms with Crippen molar-refractivity contribution in [1.82, 2.24) is 9.97 Å². The lowest BCUT2D eigenvalue weighted by Crippen LogP contribution is -2.06. The van der Waals surface area contributed by atoms with Gasteiger partial charge in [0.2, 0.25) is 0 Å². The summed E-state index contributed by atoms with van der Waals surface area (Å²) in [4.78, 5) is 29.1. The summed E-state index contributed by atoms with van der Waals surface area (Å²) in [5, 5.41) is 3.33. The zero-order valence-corrected chi connectivity index (χ0v) is 14.7. The zero-order valence-electron chi connectivity index (χ0n) is 14.7. The van der Waals surface area contributed by atoms with Crippen molar-refractivity contribution in [2.75, 3.05) is 5.32 Å².